The largest absolute Gasteiger partial charge is 0.386 e. The van der Waals surface area contributed by atoms with Crippen molar-refractivity contribution < 1.29 is 0 Å². The second-order valence-electron chi connectivity index (χ2n) is 3.04. The van der Waals surface area contributed by atoms with Gasteiger partial charge in [0.25, 0.3) is 0 Å². The highest BCUT2D eigenvalue weighted by atomic mass is 32.2. The van der Waals surface area contributed by atoms with Crippen molar-refractivity contribution in [1.29, 1.82) is 0 Å². The van der Waals surface area contributed by atoms with Crippen LogP contribution in [0.4, 0.5) is 0 Å². The molecule has 0 aromatic heterocycles. The summed E-state index contributed by atoms with van der Waals surface area (Å²) in [5.41, 5.74) is 7.04. The van der Waals surface area contributed by atoms with Crippen molar-refractivity contribution in [1.82, 2.24) is 0 Å². The molecule has 2 rings (SSSR count). The molecule has 2 heterocycles. The molecule has 0 aromatic rings. The maximum Gasteiger partial charge on any atom is 0.221 e. The smallest absolute Gasteiger partial charge is 0.221 e. The maximum absolute atomic E-state index is 5.80. The predicted octanol–water partition coefficient (Wildman–Crippen LogP) is 1.70. The quantitative estimate of drug-likeness (QED) is 0.620. The summed E-state index contributed by atoms with van der Waals surface area (Å²) in [5, 5.41) is 1.33. The molecule has 68 valence electrons. The zero-order valence-electron chi connectivity index (χ0n) is 7.37. The number of fused-ring (bicyclic) bond motifs is 1. The molecular weight excluding hydrogens is 202 g/mol. The molecule has 13 heavy (non-hydrogen) atoms. The van der Waals surface area contributed by atoms with Crippen molar-refractivity contribution in [3.8, 4) is 0 Å². The Bertz CT molecular complexity index is 379. The second-order valence-corrected chi connectivity index (χ2v) is 4.64. The minimum absolute atomic E-state index is 0.0942. The third-order valence-electron chi connectivity index (χ3n) is 2.22. The fourth-order valence-electron chi connectivity index (χ4n) is 1.41. The lowest BCUT2D eigenvalue weighted by Gasteiger charge is -2.15. The number of rotatable bonds is 0. The van der Waals surface area contributed by atoms with E-state index in [-0.39, 0.29) is 5.92 Å². The molecule has 2 aliphatic rings. The summed E-state index contributed by atoms with van der Waals surface area (Å²) in [6, 6.07) is 0. The normalized spacial score (nSPS) is 27.2. The van der Waals surface area contributed by atoms with Crippen LogP contribution in [-0.4, -0.2) is 16.0 Å². The van der Waals surface area contributed by atoms with E-state index in [0.717, 1.165) is 5.04 Å². The second kappa shape index (κ2) is 2.92. The van der Waals surface area contributed by atoms with Gasteiger partial charge in [0.05, 0.1) is 11.0 Å². The van der Waals surface area contributed by atoms with E-state index in [2.05, 4.69) is 23.8 Å². The van der Waals surface area contributed by atoms with E-state index in [1.165, 1.54) is 10.5 Å². The Hall–Kier alpha value is -0.680. The highest BCUT2D eigenvalue weighted by Gasteiger charge is 2.33. The molecule has 0 radical (unpaired) electrons. The van der Waals surface area contributed by atoms with Gasteiger partial charge in [0.1, 0.15) is 5.84 Å². The monoisotopic (exact) mass is 211 g/mol. The number of nitrogens with zero attached hydrogens (tertiary/aromatic N) is 2. The van der Waals surface area contributed by atoms with E-state index in [1.54, 1.807) is 11.8 Å². The number of amidine groups is 1. The van der Waals surface area contributed by atoms with Crippen LogP contribution < -0.4 is 5.73 Å². The maximum atomic E-state index is 5.80. The van der Waals surface area contributed by atoms with Crippen molar-refractivity contribution in [2.45, 2.75) is 13.8 Å². The molecular formula is C8H9N3S2. The van der Waals surface area contributed by atoms with Gasteiger partial charge in [0, 0.05) is 0 Å². The molecule has 0 bridgehead atoms. The van der Waals surface area contributed by atoms with Gasteiger partial charge in [-0.25, -0.2) is 9.98 Å². The number of hydrogen-bond acceptors (Lipinski definition) is 3. The molecule has 0 aromatic carbocycles. The topological polar surface area (TPSA) is 50.7 Å². The summed E-state index contributed by atoms with van der Waals surface area (Å²) in [5.74, 6) is 0.675. The fraction of sp³-hybridized carbons (Fsp3) is 0.375. The Morgan fingerprint density at radius 3 is 2.77 bits per heavy atom. The van der Waals surface area contributed by atoms with Crippen molar-refractivity contribution in [3.63, 3.8) is 0 Å². The molecule has 0 fully saturated rings. The van der Waals surface area contributed by atoms with Crippen molar-refractivity contribution >= 4 is 40.0 Å². The molecule has 2 N–H and O–H groups in total. The van der Waals surface area contributed by atoms with E-state index in [9.17, 15) is 0 Å². The van der Waals surface area contributed by atoms with E-state index < -0.39 is 0 Å². The SMILES string of the molecule is CC1=C(C)C2C(N)=NC(=S)N=C2S1. The van der Waals surface area contributed by atoms with Crippen molar-refractivity contribution in [2.75, 3.05) is 0 Å². The van der Waals surface area contributed by atoms with Crippen LogP contribution in [-0.2, 0) is 0 Å². The molecule has 0 amide bonds. The highest BCUT2D eigenvalue weighted by molar-refractivity contribution is 8.17. The third kappa shape index (κ3) is 1.32. The molecule has 2 aliphatic heterocycles. The molecule has 0 saturated heterocycles. The number of hydrogen-bond donors (Lipinski definition) is 1. The Morgan fingerprint density at radius 1 is 1.38 bits per heavy atom. The molecule has 3 nitrogen and oxygen atoms in total. The molecule has 5 heteroatoms. The summed E-state index contributed by atoms with van der Waals surface area (Å²) in [4.78, 5) is 9.45. The lowest BCUT2D eigenvalue weighted by atomic mass is 10.00. The Morgan fingerprint density at radius 2 is 2.08 bits per heavy atom. The first kappa shape index (κ1) is 8.90. The zero-order chi connectivity index (χ0) is 9.59. The zero-order valence-corrected chi connectivity index (χ0v) is 9.00. The lowest BCUT2D eigenvalue weighted by Crippen LogP contribution is -2.31. The van der Waals surface area contributed by atoms with E-state index in [0.29, 0.717) is 10.9 Å². The van der Waals surface area contributed by atoms with Gasteiger partial charge >= 0.3 is 0 Å². The number of thioether (sulfide) groups is 1. The highest BCUT2D eigenvalue weighted by Crippen LogP contribution is 2.39. The third-order valence-corrected chi connectivity index (χ3v) is 3.57. The fourth-order valence-corrected chi connectivity index (χ4v) is 2.82. The minimum Gasteiger partial charge on any atom is -0.386 e. The summed E-state index contributed by atoms with van der Waals surface area (Å²) in [6.07, 6.45) is 0. The van der Waals surface area contributed by atoms with Crippen LogP contribution in [0.25, 0.3) is 0 Å². The van der Waals surface area contributed by atoms with Crippen LogP contribution in [0.15, 0.2) is 20.5 Å². The van der Waals surface area contributed by atoms with Gasteiger partial charge in [-0.05, 0) is 36.5 Å². The molecule has 0 aliphatic carbocycles. The van der Waals surface area contributed by atoms with Gasteiger partial charge in [0.2, 0.25) is 5.11 Å². The van der Waals surface area contributed by atoms with E-state index in [1.807, 2.05) is 0 Å². The first-order valence-corrected chi connectivity index (χ1v) is 5.14. The number of nitrogens with two attached hydrogens (primary N) is 1. The lowest BCUT2D eigenvalue weighted by molar-refractivity contribution is 1.06. The summed E-state index contributed by atoms with van der Waals surface area (Å²) in [7, 11) is 0. The van der Waals surface area contributed by atoms with Gasteiger partial charge < -0.3 is 5.73 Å². The predicted molar refractivity (Wildman–Crippen MR) is 61.1 cm³/mol. The molecule has 0 saturated carbocycles. The Labute approximate surface area is 86.2 Å². The Balaban J connectivity index is 2.47. The van der Waals surface area contributed by atoms with Crippen LogP contribution in [0.5, 0.6) is 0 Å². The first-order valence-electron chi connectivity index (χ1n) is 3.91. The van der Waals surface area contributed by atoms with Crippen molar-refractivity contribution in [2.24, 2.45) is 21.6 Å². The first-order chi connectivity index (χ1) is 6.09. The van der Waals surface area contributed by atoms with Crippen LogP contribution in [0.3, 0.4) is 0 Å². The van der Waals surface area contributed by atoms with Crippen LogP contribution in [0.1, 0.15) is 13.8 Å². The number of thiocarbonyl (C=S) groups is 1. The van der Waals surface area contributed by atoms with Gasteiger partial charge in [-0.2, -0.15) is 0 Å². The summed E-state index contributed by atoms with van der Waals surface area (Å²) >= 11 is 6.54. The molecule has 1 unspecified atom stereocenters. The minimum atomic E-state index is 0.0942. The average molecular weight is 211 g/mol. The van der Waals surface area contributed by atoms with Crippen molar-refractivity contribution in [3.05, 3.63) is 10.5 Å². The summed E-state index contributed by atoms with van der Waals surface area (Å²) in [6.45, 7) is 4.13. The van der Waals surface area contributed by atoms with Gasteiger partial charge in [-0.15, -0.1) is 0 Å². The number of aliphatic imine (C=N–C) groups is 2. The van der Waals surface area contributed by atoms with Crippen LogP contribution in [0.2, 0.25) is 0 Å². The van der Waals surface area contributed by atoms with Crippen LogP contribution >= 0.6 is 24.0 Å². The summed E-state index contributed by atoms with van der Waals surface area (Å²) < 4.78 is 0. The average Bonchev–Trinajstić information content (AvgIpc) is 2.27. The van der Waals surface area contributed by atoms with E-state index >= 15 is 0 Å². The van der Waals surface area contributed by atoms with E-state index in [4.69, 9.17) is 18.0 Å². The van der Waals surface area contributed by atoms with Gasteiger partial charge in [-0.1, -0.05) is 11.8 Å². The van der Waals surface area contributed by atoms with Gasteiger partial charge in [-0.3, -0.25) is 0 Å². The number of allylic oxidation sites excluding steroid dienone is 1. The standard InChI is InChI=1S/C8H9N3S2/c1-3-4(2)13-7-5(3)6(9)10-8(12)11-7/h5H,1-2H3,(H2,9,10,12). The molecule has 0 spiro atoms. The molecule has 1 atom stereocenters. The Kier molecular flexibility index (Phi) is 2.00. The van der Waals surface area contributed by atoms with Gasteiger partial charge in [0.15, 0.2) is 0 Å². The van der Waals surface area contributed by atoms with Crippen LogP contribution in [0, 0.1) is 5.92 Å².